The fourth-order valence-corrected chi connectivity index (χ4v) is 6.24. The number of nitrogens with zero attached hydrogens (tertiary/aromatic N) is 2. The van der Waals surface area contributed by atoms with Crippen molar-refractivity contribution in [3.63, 3.8) is 0 Å². The molecular formula is C28H38BrN3O4S. The van der Waals surface area contributed by atoms with Gasteiger partial charge in [-0.25, -0.2) is 8.42 Å². The predicted molar refractivity (Wildman–Crippen MR) is 152 cm³/mol. The predicted octanol–water partition coefficient (Wildman–Crippen LogP) is 5.09. The van der Waals surface area contributed by atoms with Gasteiger partial charge in [-0.05, 0) is 74.9 Å². The number of hydrogen-bond acceptors (Lipinski definition) is 4. The van der Waals surface area contributed by atoms with E-state index in [-0.39, 0.29) is 30.8 Å². The number of benzene rings is 2. The lowest BCUT2D eigenvalue weighted by molar-refractivity contribution is -0.141. The first kappa shape index (κ1) is 29.2. The number of anilines is 1. The number of aryl methyl sites for hydroxylation is 2. The quantitative estimate of drug-likeness (QED) is 0.394. The number of sulfonamides is 1. The molecule has 0 saturated heterocycles. The standard InChI is InChI=1S/C28H38BrN3O4S/c1-20-14-15-21(2)26(17-20)32(37(4,35)36)16-8-13-27(33)31(19-23-9-7-10-24(29)18-23)22(3)28(34)30-25-11-5-6-12-25/h7,9-10,14-15,17-18,22,25H,5-6,8,11-13,16,19H2,1-4H3,(H,30,34)/t22-/m1/s1. The SMILES string of the molecule is Cc1ccc(C)c(N(CCCC(=O)N(Cc2cccc(Br)c2)[C@H](C)C(=O)NC2CCCC2)S(C)(=O)=O)c1. The third-order valence-corrected chi connectivity index (χ3v) is 8.57. The molecule has 0 spiro atoms. The molecule has 2 aromatic carbocycles. The van der Waals surface area contributed by atoms with E-state index in [1.165, 1.54) is 10.6 Å². The second-order valence-corrected chi connectivity index (χ2v) is 12.9. The van der Waals surface area contributed by atoms with Crippen molar-refractivity contribution in [3.8, 4) is 0 Å². The molecule has 1 N–H and O–H groups in total. The summed E-state index contributed by atoms with van der Waals surface area (Å²) >= 11 is 3.48. The molecule has 0 bridgehead atoms. The van der Waals surface area contributed by atoms with Gasteiger partial charge in [-0.3, -0.25) is 13.9 Å². The van der Waals surface area contributed by atoms with Crippen LogP contribution in [0.1, 0.15) is 62.1 Å². The number of amides is 2. The van der Waals surface area contributed by atoms with Crippen LogP contribution >= 0.6 is 15.9 Å². The average Bonchev–Trinajstić information content (AvgIpc) is 3.34. The van der Waals surface area contributed by atoms with Crippen molar-refractivity contribution in [1.29, 1.82) is 0 Å². The van der Waals surface area contributed by atoms with Crippen molar-refractivity contribution < 1.29 is 18.0 Å². The van der Waals surface area contributed by atoms with Crippen molar-refractivity contribution in [2.45, 2.75) is 77.9 Å². The molecule has 202 valence electrons. The smallest absolute Gasteiger partial charge is 0.242 e. The van der Waals surface area contributed by atoms with E-state index >= 15 is 0 Å². The van der Waals surface area contributed by atoms with E-state index < -0.39 is 16.1 Å². The molecule has 0 aliphatic heterocycles. The first-order valence-corrected chi connectivity index (χ1v) is 15.5. The Morgan fingerprint density at radius 3 is 2.46 bits per heavy atom. The highest BCUT2D eigenvalue weighted by Crippen LogP contribution is 2.25. The summed E-state index contributed by atoms with van der Waals surface area (Å²) in [5.74, 6) is -0.327. The van der Waals surface area contributed by atoms with E-state index in [0.29, 0.717) is 18.7 Å². The summed E-state index contributed by atoms with van der Waals surface area (Å²) in [7, 11) is -3.53. The maximum absolute atomic E-state index is 13.5. The Labute approximate surface area is 229 Å². The van der Waals surface area contributed by atoms with Crippen molar-refractivity contribution in [3.05, 3.63) is 63.6 Å². The Morgan fingerprint density at radius 2 is 1.81 bits per heavy atom. The van der Waals surface area contributed by atoms with Crippen molar-refractivity contribution >= 4 is 43.5 Å². The molecule has 37 heavy (non-hydrogen) atoms. The summed E-state index contributed by atoms with van der Waals surface area (Å²) < 4.78 is 27.5. The largest absolute Gasteiger partial charge is 0.352 e. The van der Waals surface area contributed by atoms with Gasteiger partial charge in [0.1, 0.15) is 6.04 Å². The Hall–Kier alpha value is -2.39. The average molecular weight is 593 g/mol. The molecule has 1 saturated carbocycles. The Morgan fingerprint density at radius 1 is 1.11 bits per heavy atom. The van der Waals surface area contributed by atoms with Crippen molar-refractivity contribution in [2.24, 2.45) is 0 Å². The van der Waals surface area contributed by atoms with E-state index in [1.54, 1.807) is 11.8 Å². The summed E-state index contributed by atoms with van der Waals surface area (Å²) in [6.07, 6.45) is 5.81. The second-order valence-electron chi connectivity index (χ2n) is 10.0. The molecule has 7 nitrogen and oxygen atoms in total. The van der Waals surface area contributed by atoms with Crippen molar-refractivity contribution in [2.75, 3.05) is 17.1 Å². The number of rotatable bonds is 11. The van der Waals surface area contributed by atoms with E-state index in [9.17, 15) is 18.0 Å². The summed E-state index contributed by atoms with van der Waals surface area (Å²) in [6.45, 7) is 6.04. The highest BCUT2D eigenvalue weighted by atomic mass is 79.9. The first-order valence-electron chi connectivity index (χ1n) is 12.8. The van der Waals surface area contributed by atoms with Gasteiger partial charge in [0.05, 0.1) is 11.9 Å². The van der Waals surface area contributed by atoms with Gasteiger partial charge in [0.2, 0.25) is 21.8 Å². The molecule has 3 rings (SSSR count). The Kier molecular flexibility index (Phi) is 10.2. The zero-order chi connectivity index (χ0) is 27.2. The molecule has 2 amide bonds. The maximum Gasteiger partial charge on any atom is 0.242 e. The molecule has 2 aromatic rings. The third-order valence-electron chi connectivity index (χ3n) is 6.90. The van der Waals surface area contributed by atoms with Gasteiger partial charge in [-0.1, -0.05) is 53.0 Å². The van der Waals surface area contributed by atoms with Gasteiger partial charge >= 0.3 is 0 Å². The Balaban J connectivity index is 1.74. The summed E-state index contributed by atoms with van der Waals surface area (Å²) in [4.78, 5) is 28.1. The molecule has 1 aliphatic rings. The van der Waals surface area contributed by atoms with Crippen LogP contribution in [-0.2, 0) is 26.2 Å². The van der Waals surface area contributed by atoms with E-state index in [2.05, 4.69) is 21.2 Å². The summed E-state index contributed by atoms with van der Waals surface area (Å²) in [5.41, 5.74) is 3.37. The van der Waals surface area contributed by atoms with Gasteiger partial charge in [0.15, 0.2) is 0 Å². The highest BCUT2D eigenvalue weighted by Gasteiger charge is 2.29. The molecule has 1 fully saturated rings. The number of hydrogen-bond donors (Lipinski definition) is 1. The van der Waals surface area contributed by atoms with E-state index in [1.807, 2.05) is 56.3 Å². The van der Waals surface area contributed by atoms with Crippen molar-refractivity contribution in [1.82, 2.24) is 10.2 Å². The van der Waals surface area contributed by atoms with Crippen LogP contribution in [0, 0.1) is 13.8 Å². The zero-order valence-corrected chi connectivity index (χ0v) is 24.6. The number of halogens is 1. The topological polar surface area (TPSA) is 86.8 Å². The molecule has 0 aromatic heterocycles. The molecule has 0 unspecified atom stereocenters. The van der Waals surface area contributed by atoms with Crippen LogP contribution in [0.2, 0.25) is 0 Å². The minimum atomic E-state index is -3.53. The number of carbonyl (C=O) groups is 2. The van der Waals surface area contributed by atoms with Crippen LogP contribution in [0.5, 0.6) is 0 Å². The lowest BCUT2D eigenvalue weighted by atomic mass is 10.1. The highest BCUT2D eigenvalue weighted by molar-refractivity contribution is 9.10. The minimum Gasteiger partial charge on any atom is -0.352 e. The van der Waals surface area contributed by atoms with Gasteiger partial charge in [0, 0.05) is 30.0 Å². The third kappa shape index (κ3) is 8.30. The summed E-state index contributed by atoms with van der Waals surface area (Å²) in [5, 5.41) is 3.11. The van der Waals surface area contributed by atoms with Crippen LogP contribution in [0.3, 0.4) is 0 Å². The van der Waals surface area contributed by atoms with Crippen LogP contribution in [-0.4, -0.2) is 50.0 Å². The van der Waals surface area contributed by atoms with Gasteiger partial charge in [0.25, 0.3) is 0 Å². The zero-order valence-electron chi connectivity index (χ0n) is 22.2. The number of nitrogens with one attached hydrogen (secondary N) is 1. The van der Waals surface area contributed by atoms with Gasteiger partial charge < -0.3 is 10.2 Å². The normalized spacial score (nSPS) is 14.8. The van der Waals surface area contributed by atoms with E-state index in [4.69, 9.17) is 0 Å². The molecule has 9 heteroatoms. The molecule has 0 radical (unpaired) electrons. The summed E-state index contributed by atoms with van der Waals surface area (Å²) in [6, 6.07) is 12.9. The minimum absolute atomic E-state index is 0.131. The molecular weight excluding hydrogens is 554 g/mol. The second kappa shape index (κ2) is 12.9. The molecule has 1 aliphatic carbocycles. The lowest BCUT2D eigenvalue weighted by Crippen LogP contribution is -2.49. The van der Waals surface area contributed by atoms with Crippen LogP contribution in [0.4, 0.5) is 5.69 Å². The Bertz CT molecular complexity index is 1210. The van der Waals surface area contributed by atoms with Gasteiger partial charge in [-0.15, -0.1) is 0 Å². The number of carbonyl (C=O) groups excluding carboxylic acids is 2. The fourth-order valence-electron chi connectivity index (χ4n) is 4.78. The molecule has 0 heterocycles. The van der Waals surface area contributed by atoms with Crippen LogP contribution in [0.15, 0.2) is 46.9 Å². The monoisotopic (exact) mass is 591 g/mol. The maximum atomic E-state index is 13.5. The molecule has 1 atom stereocenters. The first-order chi connectivity index (χ1) is 17.5. The van der Waals surface area contributed by atoms with Crippen LogP contribution in [0.25, 0.3) is 0 Å². The van der Waals surface area contributed by atoms with Crippen LogP contribution < -0.4 is 9.62 Å². The lowest BCUT2D eigenvalue weighted by Gasteiger charge is -2.30. The fraction of sp³-hybridized carbons (Fsp3) is 0.500. The van der Waals surface area contributed by atoms with Gasteiger partial charge in [-0.2, -0.15) is 0 Å². The van der Waals surface area contributed by atoms with E-state index in [0.717, 1.165) is 46.8 Å².